The first-order valence-corrected chi connectivity index (χ1v) is 8.36. The van der Waals surface area contributed by atoms with Crippen molar-refractivity contribution in [3.63, 3.8) is 0 Å². The Kier molecular flexibility index (Phi) is 4.48. The minimum atomic E-state index is -3.37. The molecule has 0 atom stereocenters. The molecule has 1 aliphatic rings. The fraction of sp³-hybridized carbons (Fsp3) is 0.385. The van der Waals surface area contributed by atoms with Crippen LogP contribution in [-0.4, -0.2) is 24.4 Å². The normalized spacial score (nSPS) is 18.3. The maximum atomic E-state index is 12.4. The van der Waals surface area contributed by atoms with Crippen molar-refractivity contribution in [3.8, 4) is 0 Å². The summed E-state index contributed by atoms with van der Waals surface area (Å²) in [5, 5.41) is 0. The zero-order chi connectivity index (χ0) is 13.0. The minimum absolute atomic E-state index is 0.370. The molecule has 0 aliphatic carbocycles. The van der Waals surface area contributed by atoms with Gasteiger partial charge in [0.25, 0.3) is 10.0 Å². The summed E-state index contributed by atoms with van der Waals surface area (Å²) in [4.78, 5) is 0.370. The van der Waals surface area contributed by atoms with Crippen molar-refractivity contribution in [1.82, 2.24) is 3.71 Å². The van der Waals surface area contributed by atoms with Crippen LogP contribution in [0.5, 0.6) is 0 Å². The smallest absolute Gasteiger partial charge is 0.206 e. The lowest BCUT2D eigenvalue weighted by atomic mass is 10.2. The SMILES string of the molecule is Cc1ccc(S(=O)(=O)N2CC=CCCCS2)cc1. The van der Waals surface area contributed by atoms with Crippen LogP contribution in [0.3, 0.4) is 0 Å². The molecule has 0 saturated heterocycles. The van der Waals surface area contributed by atoms with Gasteiger partial charge in [0.2, 0.25) is 0 Å². The third kappa shape index (κ3) is 3.16. The van der Waals surface area contributed by atoms with Gasteiger partial charge in [0.1, 0.15) is 0 Å². The highest BCUT2D eigenvalue weighted by Gasteiger charge is 2.24. The predicted molar refractivity (Wildman–Crippen MR) is 75.9 cm³/mol. The lowest BCUT2D eigenvalue weighted by Crippen LogP contribution is -2.26. The number of rotatable bonds is 2. The van der Waals surface area contributed by atoms with Crippen molar-refractivity contribution in [2.75, 3.05) is 12.3 Å². The van der Waals surface area contributed by atoms with Crippen molar-refractivity contribution in [2.24, 2.45) is 0 Å². The molecule has 3 nitrogen and oxygen atoms in total. The highest BCUT2D eigenvalue weighted by molar-refractivity contribution is 8.08. The van der Waals surface area contributed by atoms with Crippen LogP contribution in [0, 0.1) is 6.92 Å². The summed E-state index contributed by atoms with van der Waals surface area (Å²) < 4.78 is 26.3. The van der Waals surface area contributed by atoms with Gasteiger partial charge < -0.3 is 0 Å². The third-order valence-electron chi connectivity index (χ3n) is 2.76. The first kappa shape index (κ1) is 13.6. The molecule has 1 heterocycles. The van der Waals surface area contributed by atoms with Crippen LogP contribution in [0.15, 0.2) is 41.3 Å². The summed E-state index contributed by atoms with van der Waals surface area (Å²) in [6.45, 7) is 2.39. The zero-order valence-corrected chi connectivity index (χ0v) is 12.0. The van der Waals surface area contributed by atoms with Crippen molar-refractivity contribution < 1.29 is 8.42 Å². The molecule has 0 unspecified atom stereocenters. The van der Waals surface area contributed by atoms with Gasteiger partial charge in [-0.2, -0.15) is 0 Å². The third-order valence-corrected chi connectivity index (χ3v) is 6.12. The molecule has 2 rings (SSSR count). The van der Waals surface area contributed by atoms with Gasteiger partial charge in [-0.3, -0.25) is 0 Å². The Morgan fingerprint density at radius 2 is 1.89 bits per heavy atom. The van der Waals surface area contributed by atoms with Crippen molar-refractivity contribution in [3.05, 3.63) is 42.0 Å². The molecule has 0 spiro atoms. The van der Waals surface area contributed by atoms with E-state index in [1.807, 2.05) is 25.1 Å². The van der Waals surface area contributed by atoms with Crippen LogP contribution >= 0.6 is 11.9 Å². The monoisotopic (exact) mass is 283 g/mol. The Hall–Kier alpha value is -0.780. The van der Waals surface area contributed by atoms with Crippen LogP contribution in [0.4, 0.5) is 0 Å². The molecule has 0 bridgehead atoms. The largest absolute Gasteiger partial charge is 0.252 e. The minimum Gasteiger partial charge on any atom is -0.206 e. The maximum absolute atomic E-state index is 12.4. The molecule has 1 aromatic rings. The van der Waals surface area contributed by atoms with Crippen LogP contribution in [0.1, 0.15) is 18.4 Å². The van der Waals surface area contributed by atoms with Gasteiger partial charge in [-0.25, -0.2) is 8.42 Å². The van der Waals surface area contributed by atoms with E-state index in [1.165, 1.54) is 15.7 Å². The van der Waals surface area contributed by atoms with Gasteiger partial charge in [-0.05, 0) is 31.9 Å². The summed E-state index contributed by atoms with van der Waals surface area (Å²) in [7, 11) is -3.37. The highest BCUT2D eigenvalue weighted by Crippen LogP contribution is 2.25. The highest BCUT2D eigenvalue weighted by atomic mass is 32.3. The number of hydrogen-bond donors (Lipinski definition) is 0. The summed E-state index contributed by atoms with van der Waals surface area (Å²) in [6.07, 6.45) is 6.03. The average molecular weight is 283 g/mol. The predicted octanol–water partition coefficient (Wildman–Crippen LogP) is 2.98. The zero-order valence-electron chi connectivity index (χ0n) is 10.4. The molecule has 0 saturated carbocycles. The molecular formula is C13H17NO2S2. The molecule has 1 aliphatic heterocycles. The fourth-order valence-electron chi connectivity index (χ4n) is 1.69. The molecule has 1 aromatic carbocycles. The second-order valence-electron chi connectivity index (χ2n) is 4.25. The van der Waals surface area contributed by atoms with E-state index in [0.717, 1.165) is 24.2 Å². The topological polar surface area (TPSA) is 37.4 Å². The van der Waals surface area contributed by atoms with Gasteiger partial charge in [-0.1, -0.05) is 41.8 Å². The van der Waals surface area contributed by atoms with Gasteiger partial charge >= 0.3 is 0 Å². The number of benzene rings is 1. The van der Waals surface area contributed by atoms with Gasteiger partial charge in [0, 0.05) is 12.3 Å². The summed E-state index contributed by atoms with van der Waals surface area (Å²) in [5.74, 6) is 0.843. The summed E-state index contributed by atoms with van der Waals surface area (Å²) in [5.41, 5.74) is 1.06. The molecule has 0 aromatic heterocycles. The molecule has 0 N–H and O–H groups in total. The van der Waals surface area contributed by atoms with Crippen LogP contribution < -0.4 is 0 Å². The molecule has 0 fully saturated rings. The summed E-state index contributed by atoms with van der Waals surface area (Å²) in [6, 6.07) is 7.01. The molecular weight excluding hydrogens is 266 g/mol. The van der Waals surface area contributed by atoms with E-state index >= 15 is 0 Å². The van der Waals surface area contributed by atoms with Crippen molar-refractivity contribution in [1.29, 1.82) is 0 Å². The van der Waals surface area contributed by atoms with Crippen LogP contribution in [0.2, 0.25) is 0 Å². The van der Waals surface area contributed by atoms with E-state index in [1.54, 1.807) is 12.1 Å². The Balaban J connectivity index is 2.26. The van der Waals surface area contributed by atoms with Crippen LogP contribution in [0.25, 0.3) is 0 Å². The molecule has 0 amide bonds. The van der Waals surface area contributed by atoms with Crippen molar-refractivity contribution in [2.45, 2.75) is 24.7 Å². The number of hydrogen-bond acceptors (Lipinski definition) is 3. The quantitative estimate of drug-likeness (QED) is 0.618. The van der Waals surface area contributed by atoms with Crippen LogP contribution in [-0.2, 0) is 10.0 Å². The molecule has 5 heteroatoms. The Bertz CT molecular complexity index is 520. The fourth-order valence-corrected chi connectivity index (χ4v) is 4.42. The maximum Gasteiger partial charge on any atom is 0.252 e. The van der Waals surface area contributed by atoms with E-state index in [0.29, 0.717) is 11.4 Å². The standard InChI is InChI=1S/C13H17NO2S2/c1-12-6-8-13(9-7-12)18(15,16)14-10-4-2-3-5-11-17-14/h2,4,6-9H,3,5,10-11H2,1H3. The second-order valence-corrected chi connectivity index (χ2v) is 7.45. The first-order valence-electron chi connectivity index (χ1n) is 5.98. The lowest BCUT2D eigenvalue weighted by Gasteiger charge is -2.20. The van der Waals surface area contributed by atoms with E-state index in [2.05, 4.69) is 6.08 Å². The van der Waals surface area contributed by atoms with Crippen molar-refractivity contribution >= 4 is 22.0 Å². The van der Waals surface area contributed by atoms with Gasteiger partial charge in [-0.15, -0.1) is 3.71 Å². The molecule has 18 heavy (non-hydrogen) atoms. The van der Waals surface area contributed by atoms with E-state index in [4.69, 9.17) is 0 Å². The number of allylic oxidation sites excluding steroid dienone is 1. The molecule has 98 valence electrons. The number of sulfonamides is 1. The first-order chi connectivity index (χ1) is 8.60. The Morgan fingerprint density at radius 3 is 2.61 bits per heavy atom. The lowest BCUT2D eigenvalue weighted by molar-refractivity contribution is 0.554. The average Bonchev–Trinajstić information content (AvgIpc) is 2.28. The number of aryl methyl sites for hydroxylation is 1. The van der Waals surface area contributed by atoms with E-state index in [9.17, 15) is 8.42 Å². The van der Waals surface area contributed by atoms with Gasteiger partial charge in [0.05, 0.1) is 4.90 Å². The summed E-state index contributed by atoms with van der Waals surface area (Å²) >= 11 is 1.40. The number of nitrogens with zero attached hydrogens (tertiary/aromatic N) is 1. The van der Waals surface area contributed by atoms with Gasteiger partial charge in [0.15, 0.2) is 0 Å². The Labute approximate surface area is 113 Å². The Morgan fingerprint density at radius 1 is 1.17 bits per heavy atom. The second kappa shape index (κ2) is 5.91. The molecule has 0 radical (unpaired) electrons. The van der Waals surface area contributed by atoms with E-state index in [-0.39, 0.29) is 0 Å². The van der Waals surface area contributed by atoms with E-state index < -0.39 is 10.0 Å².